The number of hydrogen-bond donors (Lipinski definition) is 2. The lowest BCUT2D eigenvalue weighted by atomic mass is 10.0. The number of halogens is 3. The number of hydrogen-bond acceptors (Lipinski definition) is 4. The number of piperidine rings is 1. The van der Waals surface area contributed by atoms with Gasteiger partial charge in [0.15, 0.2) is 0 Å². The Morgan fingerprint density at radius 1 is 1.00 bits per heavy atom. The first-order valence-electron chi connectivity index (χ1n) is 12.9. The van der Waals surface area contributed by atoms with E-state index in [0.29, 0.717) is 48.6 Å². The fourth-order valence-corrected chi connectivity index (χ4v) is 5.18. The molecule has 0 atom stereocenters. The molecule has 2 fully saturated rings. The molecular formula is C29H26F3N5O2. The van der Waals surface area contributed by atoms with Gasteiger partial charge in [-0.1, -0.05) is 6.07 Å². The molecule has 200 valence electrons. The van der Waals surface area contributed by atoms with Gasteiger partial charge < -0.3 is 15.2 Å². The molecule has 4 aromatic rings. The minimum atomic E-state index is -0.793. The second-order valence-electron chi connectivity index (χ2n) is 10.1. The molecule has 6 rings (SSSR count). The Morgan fingerprint density at radius 2 is 1.74 bits per heavy atom. The second-order valence-corrected chi connectivity index (χ2v) is 10.1. The van der Waals surface area contributed by atoms with Crippen LogP contribution in [0.3, 0.4) is 0 Å². The van der Waals surface area contributed by atoms with Gasteiger partial charge in [0.25, 0.3) is 5.91 Å². The summed E-state index contributed by atoms with van der Waals surface area (Å²) >= 11 is 0. The maximum atomic E-state index is 15.3. The Labute approximate surface area is 222 Å². The SMILES string of the molecule is O=CN(c1cc(-c2ccc(NC3CCN(C(=O)c4cc(F)cc(F)c4)CC3)c(F)c2)c2cc[nH]c2n1)C1CC1. The van der Waals surface area contributed by atoms with Gasteiger partial charge in [-0.3, -0.25) is 14.5 Å². The van der Waals surface area contributed by atoms with E-state index in [4.69, 9.17) is 0 Å². The predicted octanol–water partition coefficient (Wildman–Crippen LogP) is 5.49. The number of aromatic amines is 1. The Hall–Kier alpha value is -4.34. The van der Waals surface area contributed by atoms with Crippen LogP contribution >= 0.6 is 0 Å². The minimum absolute atomic E-state index is 0.0234. The summed E-state index contributed by atoms with van der Waals surface area (Å²) in [6, 6.07) is 11.6. The largest absolute Gasteiger partial charge is 0.380 e. The molecule has 0 radical (unpaired) electrons. The van der Waals surface area contributed by atoms with Crippen molar-refractivity contribution >= 4 is 34.9 Å². The number of carbonyl (C=O) groups excluding carboxylic acids is 2. The molecule has 1 aliphatic heterocycles. The highest BCUT2D eigenvalue weighted by Gasteiger charge is 2.31. The molecule has 2 aromatic heterocycles. The van der Waals surface area contributed by atoms with Crippen LogP contribution in [0.2, 0.25) is 0 Å². The molecule has 1 saturated carbocycles. The van der Waals surface area contributed by atoms with E-state index in [-0.39, 0.29) is 17.6 Å². The van der Waals surface area contributed by atoms with Gasteiger partial charge in [-0.25, -0.2) is 18.2 Å². The standard InChI is InChI=1S/C29H26F3N5O2/c30-19-11-18(12-20(31)14-19)29(39)36-9-6-21(7-10-36)34-26-4-1-17(13-25(26)32)24-15-27(37(16-38)22-2-3-22)35-28-23(24)5-8-33-28/h1,4-5,8,11-16,21-22,34H,2-3,6-7,9-10H2,(H,33,35). The van der Waals surface area contributed by atoms with Gasteiger partial charge in [-0.2, -0.15) is 0 Å². The molecule has 39 heavy (non-hydrogen) atoms. The highest BCUT2D eigenvalue weighted by molar-refractivity contribution is 5.96. The summed E-state index contributed by atoms with van der Waals surface area (Å²) in [5.41, 5.74) is 2.39. The first kappa shape index (κ1) is 25.0. The third-order valence-corrected chi connectivity index (χ3v) is 7.36. The first-order chi connectivity index (χ1) is 18.9. The topological polar surface area (TPSA) is 81.3 Å². The van der Waals surface area contributed by atoms with E-state index in [0.717, 1.165) is 48.4 Å². The lowest BCUT2D eigenvalue weighted by molar-refractivity contribution is -0.107. The number of fused-ring (bicyclic) bond motifs is 1. The maximum Gasteiger partial charge on any atom is 0.254 e. The van der Waals surface area contributed by atoms with Crippen molar-refractivity contribution in [3.63, 3.8) is 0 Å². The van der Waals surface area contributed by atoms with Crippen molar-refractivity contribution in [2.75, 3.05) is 23.3 Å². The van der Waals surface area contributed by atoms with Crippen molar-refractivity contribution in [2.24, 2.45) is 0 Å². The lowest BCUT2D eigenvalue weighted by Gasteiger charge is -2.33. The van der Waals surface area contributed by atoms with E-state index >= 15 is 4.39 Å². The lowest BCUT2D eigenvalue weighted by Crippen LogP contribution is -2.42. The number of benzene rings is 2. The van der Waals surface area contributed by atoms with E-state index in [9.17, 15) is 18.4 Å². The Balaban J connectivity index is 1.16. The van der Waals surface area contributed by atoms with Crippen LogP contribution in [0.5, 0.6) is 0 Å². The highest BCUT2D eigenvalue weighted by atomic mass is 19.1. The smallest absolute Gasteiger partial charge is 0.254 e. The molecule has 0 unspecified atom stereocenters. The van der Waals surface area contributed by atoms with Crippen molar-refractivity contribution in [1.82, 2.24) is 14.9 Å². The van der Waals surface area contributed by atoms with Crippen LogP contribution in [-0.2, 0) is 4.79 Å². The number of pyridine rings is 1. The molecule has 0 spiro atoms. The summed E-state index contributed by atoms with van der Waals surface area (Å²) in [5.74, 6) is -1.90. The van der Waals surface area contributed by atoms with E-state index in [1.807, 2.05) is 18.2 Å². The zero-order chi connectivity index (χ0) is 27.1. The van der Waals surface area contributed by atoms with Crippen LogP contribution in [0.25, 0.3) is 22.2 Å². The molecule has 2 N–H and O–H groups in total. The monoisotopic (exact) mass is 533 g/mol. The maximum absolute atomic E-state index is 15.3. The second kappa shape index (κ2) is 10.1. The molecule has 3 heterocycles. The van der Waals surface area contributed by atoms with E-state index in [1.165, 1.54) is 6.07 Å². The van der Waals surface area contributed by atoms with Crippen molar-refractivity contribution in [2.45, 2.75) is 37.8 Å². The van der Waals surface area contributed by atoms with Gasteiger partial charge in [0, 0.05) is 48.4 Å². The summed E-state index contributed by atoms with van der Waals surface area (Å²) in [5, 5.41) is 4.06. The van der Waals surface area contributed by atoms with Gasteiger partial charge in [0.05, 0.1) is 5.69 Å². The van der Waals surface area contributed by atoms with Crippen LogP contribution in [0, 0.1) is 17.5 Å². The highest BCUT2D eigenvalue weighted by Crippen LogP contribution is 2.36. The third-order valence-electron chi connectivity index (χ3n) is 7.36. The Kier molecular flexibility index (Phi) is 6.46. The predicted molar refractivity (Wildman–Crippen MR) is 142 cm³/mol. The van der Waals surface area contributed by atoms with Crippen LogP contribution in [0.4, 0.5) is 24.7 Å². The number of anilines is 2. The van der Waals surface area contributed by atoms with Crippen molar-refractivity contribution in [3.05, 3.63) is 77.7 Å². The quantitative estimate of drug-likeness (QED) is 0.308. The van der Waals surface area contributed by atoms with Crippen LogP contribution in [0.1, 0.15) is 36.0 Å². The van der Waals surface area contributed by atoms with Crippen molar-refractivity contribution in [1.29, 1.82) is 0 Å². The number of likely N-dealkylation sites (tertiary alicyclic amines) is 1. The Morgan fingerprint density at radius 3 is 2.41 bits per heavy atom. The van der Waals surface area contributed by atoms with Gasteiger partial charge in [-0.05, 0) is 73.2 Å². The van der Waals surface area contributed by atoms with Gasteiger partial charge in [0.1, 0.15) is 28.9 Å². The van der Waals surface area contributed by atoms with Gasteiger partial charge in [0.2, 0.25) is 6.41 Å². The summed E-state index contributed by atoms with van der Waals surface area (Å²) < 4.78 is 42.3. The molecular weight excluding hydrogens is 507 g/mol. The van der Waals surface area contributed by atoms with Crippen LogP contribution in [0.15, 0.2) is 54.7 Å². The van der Waals surface area contributed by atoms with Crippen molar-refractivity contribution in [3.8, 4) is 11.1 Å². The molecule has 1 saturated heterocycles. The number of aromatic nitrogens is 2. The molecule has 2 aromatic carbocycles. The fourth-order valence-electron chi connectivity index (χ4n) is 5.18. The van der Waals surface area contributed by atoms with E-state index in [1.54, 1.807) is 22.1 Å². The zero-order valence-electron chi connectivity index (χ0n) is 21.0. The zero-order valence-corrected chi connectivity index (χ0v) is 21.0. The summed E-state index contributed by atoms with van der Waals surface area (Å²) in [6.45, 7) is 0.766. The number of H-pyrrole nitrogens is 1. The number of nitrogens with one attached hydrogen (secondary N) is 2. The van der Waals surface area contributed by atoms with E-state index < -0.39 is 23.4 Å². The number of amides is 2. The summed E-state index contributed by atoms with van der Waals surface area (Å²) in [4.78, 5) is 35.2. The average molecular weight is 534 g/mol. The fraction of sp³-hybridized carbons (Fsp3) is 0.276. The van der Waals surface area contributed by atoms with Crippen LogP contribution in [-0.4, -0.2) is 52.4 Å². The third kappa shape index (κ3) is 5.06. The van der Waals surface area contributed by atoms with Crippen molar-refractivity contribution < 1.29 is 22.8 Å². The number of carbonyl (C=O) groups is 2. The van der Waals surface area contributed by atoms with Gasteiger partial charge in [-0.15, -0.1) is 0 Å². The van der Waals surface area contributed by atoms with Gasteiger partial charge >= 0.3 is 0 Å². The molecule has 0 bridgehead atoms. The molecule has 2 aliphatic rings. The average Bonchev–Trinajstić information content (AvgIpc) is 3.64. The minimum Gasteiger partial charge on any atom is -0.380 e. The van der Waals surface area contributed by atoms with Crippen LogP contribution < -0.4 is 10.2 Å². The molecule has 2 amide bonds. The summed E-state index contributed by atoms with van der Waals surface area (Å²) in [6.07, 6.45) is 5.55. The Bertz CT molecular complexity index is 1540. The number of rotatable bonds is 7. The molecule has 1 aliphatic carbocycles. The molecule has 7 nitrogen and oxygen atoms in total. The molecule has 10 heteroatoms. The normalized spacial score (nSPS) is 15.9. The first-order valence-corrected chi connectivity index (χ1v) is 12.9. The van der Waals surface area contributed by atoms with E-state index in [2.05, 4.69) is 15.3 Å². The number of nitrogens with zero attached hydrogens (tertiary/aromatic N) is 3. The summed E-state index contributed by atoms with van der Waals surface area (Å²) in [7, 11) is 0.